The summed E-state index contributed by atoms with van der Waals surface area (Å²) in [7, 11) is 1.75. The molecule has 0 aliphatic heterocycles. The van der Waals surface area contributed by atoms with Crippen LogP contribution < -0.4 is 9.74 Å². The van der Waals surface area contributed by atoms with Crippen molar-refractivity contribution in [3.8, 4) is 6.01 Å². The van der Waals surface area contributed by atoms with Gasteiger partial charge in [0.1, 0.15) is 0 Å². The van der Waals surface area contributed by atoms with Crippen LogP contribution in [0.2, 0.25) is 5.02 Å². The summed E-state index contributed by atoms with van der Waals surface area (Å²) in [5.74, 6) is -0.391. The predicted molar refractivity (Wildman–Crippen MR) is 100 cm³/mol. The van der Waals surface area contributed by atoms with E-state index in [0.29, 0.717) is 11.6 Å². The maximum absolute atomic E-state index is 14.1. The van der Waals surface area contributed by atoms with Crippen LogP contribution in [0.1, 0.15) is 11.1 Å². The SMILES string of the molecule is CN(Cc1ccccc1)c1nc(O/N=C/c2ccc(Cl)cc2)ncc1F. The van der Waals surface area contributed by atoms with Gasteiger partial charge in [-0.1, -0.05) is 59.2 Å². The lowest BCUT2D eigenvalue weighted by molar-refractivity contribution is 0.313. The number of rotatable bonds is 6. The van der Waals surface area contributed by atoms with Gasteiger partial charge in [0.2, 0.25) is 0 Å². The molecule has 0 saturated heterocycles. The number of hydrogen-bond donors (Lipinski definition) is 0. The molecule has 3 aromatic rings. The molecule has 7 heteroatoms. The molecule has 0 saturated carbocycles. The number of hydrogen-bond acceptors (Lipinski definition) is 5. The highest BCUT2D eigenvalue weighted by Crippen LogP contribution is 2.19. The Kier molecular flexibility index (Phi) is 5.76. The van der Waals surface area contributed by atoms with Gasteiger partial charge in [-0.3, -0.25) is 0 Å². The number of aromatic nitrogens is 2. The average molecular weight is 371 g/mol. The summed E-state index contributed by atoms with van der Waals surface area (Å²) in [6.45, 7) is 0.502. The lowest BCUT2D eigenvalue weighted by Gasteiger charge is -2.18. The van der Waals surface area contributed by atoms with Gasteiger partial charge in [0, 0.05) is 18.6 Å². The summed E-state index contributed by atoms with van der Waals surface area (Å²) in [6, 6.07) is 16.7. The van der Waals surface area contributed by atoms with E-state index in [2.05, 4.69) is 15.1 Å². The summed E-state index contributed by atoms with van der Waals surface area (Å²) in [6.07, 6.45) is 2.56. The molecule has 1 aromatic heterocycles. The van der Waals surface area contributed by atoms with Crippen molar-refractivity contribution in [2.24, 2.45) is 5.16 Å². The van der Waals surface area contributed by atoms with Crippen LogP contribution in [-0.4, -0.2) is 23.2 Å². The molecule has 0 spiro atoms. The topological polar surface area (TPSA) is 50.6 Å². The fourth-order valence-corrected chi connectivity index (χ4v) is 2.40. The van der Waals surface area contributed by atoms with Gasteiger partial charge in [0.15, 0.2) is 11.6 Å². The highest BCUT2D eigenvalue weighted by atomic mass is 35.5. The summed E-state index contributed by atoms with van der Waals surface area (Å²) in [5, 5.41) is 4.46. The van der Waals surface area contributed by atoms with E-state index in [0.717, 1.165) is 17.3 Å². The Balaban J connectivity index is 1.69. The van der Waals surface area contributed by atoms with E-state index in [9.17, 15) is 4.39 Å². The molecule has 0 N–H and O–H groups in total. The molecule has 0 fully saturated rings. The first-order valence-electron chi connectivity index (χ1n) is 7.85. The molecule has 2 aromatic carbocycles. The maximum atomic E-state index is 14.1. The molecule has 132 valence electrons. The van der Waals surface area contributed by atoms with Crippen molar-refractivity contribution in [3.05, 3.63) is 82.8 Å². The molecule has 5 nitrogen and oxygen atoms in total. The van der Waals surface area contributed by atoms with Crippen molar-refractivity contribution in [1.82, 2.24) is 9.97 Å². The lowest BCUT2D eigenvalue weighted by atomic mass is 10.2. The van der Waals surface area contributed by atoms with E-state index in [1.807, 2.05) is 30.3 Å². The Morgan fingerprint density at radius 3 is 2.62 bits per heavy atom. The predicted octanol–water partition coefficient (Wildman–Crippen LogP) is 4.32. The fourth-order valence-electron chi connectivity index (χ4n) is 2.27. The minimum Gasteiger partial charge on any atom is -0.353 e. The van der Waals surface area contributed by atoms with E-state index in [-0.39, 0.29) is 11.8 Å². The summed E-state index contributed by atoms with van der Waals surface area (Å²) >= 11 is 5.83. The largest absolute Gasteiger partial charge is 0.353 e. The average Bonchev–Trinajstić information content (AvgIpc) is 2.65. The second-order valence-electron chi connectivity index (χ2n) is 5.54. The van der Waals surface area contributed by atoms with Gasteiger partial charge in [-0.05, 0) is 23.3 Å². The van der Waals surface area contributed by atoms with Crippen molar-refractivity contribution in [3.63, 3.8) is 0 Å². The van der Waals surface area contributed by atoms with Crippen molar-refractivity contribution >= 4 is 23.6 Å². The molecule has 0 unspecified atom stereocenters. The van der Waals surface area contributed by atoms with Gasteiger partial charge in [-0.25, -0.2) is 4.39 Å². The summed E-state index contributed by atoms with van der Waals surface area (Å²) in [4.78, 5) is 14.7. The normalized spacial score (nSPS) is 10.9. The highest BCUT2D eigenvalue weighted by molar-refractivity contribution is 6.30. The van der Waals surface area contributed by atoms with Crippen molar-refractivity contribution in [2.45, 2.75) is 6.54 Å². The Bertz CT molecular complexity index is 888. The number of oxime groups is 1. The second-order valence-corrected chi connectivity index (χ2v) is 5.98. The first kappa shape index (κ1) is 17.8. The zero-order chi connectivity index (χ0) is 18.4. The second kappa shape index (κ2) is 8.40. The molecule has 0 aliphatic carbocycles. The third-order valence-electron chi connectivity index (χ3n) is 3.53. The van der Waals surface area contributed by atoms with Gasteiger partial charge >= 0.3 is 6.01 Å². The van der Waals surface area contributed by atoms with E-state index >= 15 is 0 Å². The molecule has 1 heterocycles. The van der Waals surface area contributed by atoms with Crippen LogP contribution in [-0.2, 0) is 6.54 Å². The first-order valence-corrected chi connectivity index (χ1v) is 8.23. The minimum atomic E-state index is -0.530. The molecule has 3 rings (SSSR count). The van der Waals surface area contributed by atoms with E-state index < -0.39 is 5.82 Å². The third kappa shape index (κ3) is 4.77. The number of anilines is 1. The molecular formula is C19H16ClFN4O. The van der Waals surface area contributed by atoms with Crippen LogP contribution in [0.3, 0.4) is 0 Å². The summed E-state index contributed by atoms with van der Waals surface area (Å²) in [5.41, 5.74) is 1.84. The number of nitrogens with zero attached hydrogens (tertiary/aromatic N) is 4. The lowest BCUT2D eigenvalue weighted by Crippen LogP contribution is -2.19. The van der Waals surface area contributed by atoms with Gasteiger partial charge in [-0.15, -0.1) is 0 Å². The van der Waals surface area contributed by atoms with Crippen LogP contribution >= 0.6 is 11.6 Å². The van der Waals surface area contributed by atoms with Crippen LogP contribution in [0, 0.1) is 5.82 Å². The zero-order valence-electron chi connectivity index (χ0n) is 14.0. The molecule has 0 radical (unpaired) electrons. The maximum Gasteiger partial charge on any atom is 0.347 e. The zero-order valence-corrected chi connectivity index (χ0v) is 14.8. The monoisotopic (exact) mass is 370 g/mol. The van der Waals surface area contributed by atoms with Crippen LogP contribution in [0.15, 0.2) is 65.9 Å². The molecule has 26 heavy (non-hydrogen) atoms. The van der Waals surface area contributed by atoms with Gasteiger partial charge in [0.05, 0.1) is 12.4 Å². The van der Waals surface area contributed by atoms with E-state index in [4.69, 9.17) is 16.4 Å². The molecule has 0 amide bonds. The van der Waals surface area contributed by atoms with Crippen molar-refractivity contribution in [2.75, 3.05) is 11.9 Å². The fraction of sp³-hybridized carbons (Fsp3) is 0.105. The Morgan fingerprint density at radius 1 is 1.15 bits per heavy atom. The molecule has 0 bridgehead atoms. The van der Waals surface area contributed by atoms with E-state index in [1.54, 1.807) is 36.2 Å². The Hall–Kier alpha value is -2.99. The Morgan fingerprint density at radius 2 is 1.88 bits per heavy atom. The first-order chi connectivity index (χ1) is 12.6. The smallest absolute Gasteiger partial charge is 0.347 e. The Labute approximate surface area is 155 Å². The molecular weight excluding hydrogens is 355 g/mol. The van der Waals surface area contributed by atoms with Gasteiger partial charge < -0.3 is 9.74 Å². The highest BCUT2D eigenvalue weighted by Gasteiger charge is 2.13. The van der Waals surface area contributed by atoms with E-state index in [1.165, 1.54) is 6.21 Å². The van der Waals surface area contributed by atoms with Gasteiger partial charge in [-0.2, -0.15) is 9.97 Å². The van der Waals surface area contributed by atoms with Crippen LogP contribution in [0.25, 0.3) is 0 Å². The minimum absolute atomic E-state index is 0.0356. The number of benzene rings is 2. The standard InChI is InChI=1S/C19H16ClFN4O/c1-25(13-15-5-3-2-4-6-15)18-17(21)12-22-19(24-18)26-23-11-14-7-9-16(20)10-8-14/h2-12H,13H2,1H3/b23-11+. The quantitative estimate of drug-likeness (QED) is 0.479. The van der Waals surface area contributed by atoms with Gasteiger partial charge in [0.25, 0.3) is 0 Å². The molecule has 0 aliphatic rings. The number of halogens is 2. The molecule has 0 atom stereocenters. The van der Waals surface area contributed by atoms with Crippen LogP contribution in [0.4, 0.5) is 10.2 Å². The summed E-state index contributed by atoms with van der Waals surface area (Å²) < 4.78 is 14.1. The van der Waals surface area contributed by atoms with Crippen LogP contribution in [0.5, 0.6) is 6.01 Å². The third-order valence-corrected chi connectivity index (χ3v) is 3.79. The van der Waals surface area contributed by atoms with Crippen molar-refractivity contribution in [1.29, 1.82) is 0 Å². The van der Waals surface area contributed by atoms with Crippen molar-refractivity contribution < 1.29 is 9.23 Å².